The number of alkyl carbamates (subject to hydrolysis) is 1. The Balaban J connectivity index is 1.30. The Morgan fingerprint density at radius 3 is 2.34 bits per heavy atom. The molecule has 5 rings (SSSR count). The van der Waals surface area contributed by atoms with E-state index in [2.05, 4.69) is 10.4 Å². The number of aromatic nitrogens is 2. The maximum atomic E-state index is 13.6. The van der Waals surface area contributed by atoms with Crippen LogP contribution in [0, 0.1) is 5.92 Å². The molecular weight excluding hydrogens is 604 g/mol. The number of carbonyl (C=O) groups excluding carboxylic acids is 5. The van der Waals surface area contributed by atoms with Crippen molar-refractivity contribution in [3.63, 3.8) is 0 Å². The molecule has 2 aliphatic rings. The summed E-state index contributed by atoms with van der Waals surface area (Å²) in [5.41, 5.74) is 0.167. The number of hydrogen-bond donors (Lipinski definition) is 1. The van der Waals surface area contributed by atoms with Crippen LogP contribution in [0.4, 0.5) is 15.3 Å². The summed E-state index contributed by atoms with van der Waals surface area (Å²) in [4.78, 5) is 70.0. The second kappa shape index (κ2) is 13.0. The van der Waals surface area contributed by atoms with Crippen molar-refractivity contribution in [2.24, 2.45) is 5.92 Å². The van der Waals surface area contributed by atoms with Gasteiger partial charge in [0.05, 0.1) is 11.7 Å². The summed E-state index contributed by atoms with van der Waals surface area (Å²) in [5.74, 6) is -1.25. The van der Waals surface area contributed by atoms with Gasteiger partial charge in [-0.2, -0.15) is 5.10 Å². The molecule has 1 N–H and O–H groups in total. The number of ether oxygens (including phenoxy) is 2. The van der Waals surface area contributed by atoms with Crippen molar-refractivity contribution in [2.45, 2.75) is 77.8 Å². The molecule has 1 spiro atoms. The topological polar surface area (TPSA) is 143 Å². The summed E-state index contributed by atoms with van der Waals surface area (Å²) in [5, 5.41) is 7.75. The van der Waals surface area contributed by atoms with Gasteiger partial charge in [-0.15, -0.1) is 0 Å². The highest BCUT2D eigenvalue weighted by atomic mass is 16.6. The summed E-state index contributed by atoms with van der Waals surface area (Å²) < 4.78 is 12.3. The Morgan fingerprint density at radius 1 is 1.02 bits per heavy atom. The number of esters is 1. The Kier molecular flexibility index (Phi) is 9.28. The number of piperidine rings is 1. The first-order valence-corrected chi connectivity index (χ1v) is 15.8. The standard InChI is InChI=1S/C34H42N6O7/c1-22(2)28(36-31(44)47-33(3,4)5)29(42)38-16-14-34(15-17-38)30(43)37(6)32(45)40(34)25-12-13-26-24(18-25)19-35-39(26)20-27(41)46-21-23-10-8-7-9-11-23/h7-13,18-19,22,28H,14-17,20-21H2,1-6H3,(H,36,44)/t28-/m1/s1. The first-order valence-electron chi connectivity index (χ1n) is 15.8. The SMILES string of the molecule is CC(C)[C@@H](NC(=O)OC(C)(C)C)C(=O)N1CCC2(CC1)C(=O)N(C)C(=O)N2c1ccc2c(cnn2CC(=O)OCc2ccccc2)c1. The zero-order valence-electron chi connectivity index (χ0n) is 27.7. The highest BCUT2D eigenvalue weighted by Crippen LogP contribution is 2.41. The third-order valence-electron chi connectivity index (χ3n) is 8.52. The molecule has 2 aliphatic heterocycles. The Labute approximate surface area is 273 Å². The molecule has 2 fully saturated rings. The van der Waals surface area contributed by atoms with E-state index in [1.165, 1.54) is 16.6 Å². The van der Waals surface area contributed by atoms with Crippen molar-refractivity contribution in [1.82, 2.24) is 24.9 Å². The molecule has 13 heteroatoms. The molecule has 13 nitrogen and oxygen atoms in total. The van der Waals surface area contributed by atoms with Gasteiger partial charge in [0.1, 0.15) is 30.3 Å². The number of benzene rings is 2. The lowest BCUT2D eigenvalue weighted by atomic mass is 9.85. The minimum atomic E-state index is -1.18. The van der Waals surface area contributed by atoms with Crippen molar-refractivity contribution < 1.29 is 33.4 Å². The van der Waals surface area contributed by atoms with Crippen molar-refractivity contribution in [3.8, 4) is 0 Å². The number of nitrogens with one attached hydrogen (secondary N) is 1. The molecule has 250 valence electrons. The Bertz CT molecular complexity index is 1670. The third kappa shape index (κ3) is 6.93. The van der Waals surface area contributed by atoms with E-state index in [1.807, 2.05) is 44.2 Å². The molecule has 3 heterocycles. The maximum Gasteiger partial charge on any atom is 0.408 e. The van der Waals surface area contributed by atoms with Crippen LogP contribution in [-0.2, 0) is 37.0 Å². The van der Waals surface area contributed by atoms with Gasteiger partial charge in [0.2, 0.25) is 5.91 Å². The van der Waals surface area contributed by atoms with Crippen LogP contribution in [0.5, 0.6) is 0 Å². The fourth-order valence-corrected chi connectivity index (χ4v) is 6.11. The molecule has 47 heavy (non-hydrogen) atoms. The lowest BCUT2D eigenvalue weighted by Crippen LogP contribution is -2.60. The Hall–Kier alpha value is -4.94. The smallest absolute Gasteiger partial charge is 0.408 e. The first-order chi connectivity index (χ1) is 22.2. The molecule has 1 aromatic heterocycles. The van der Waals surface area contributed by atoms with Crippen molar-refractivity contribution >= 4 is 46.5 Å². The minimum Gasteiger partial charge on any atom is -0.459 e. The molecule has 0 unspecified atom stereocenters. The minimum absolute atomic E-state index is 0.0898. The third-order valence-corrected chi connectivity index (χ3v) is 8.52. The van der Waals surface area contributed by atoms with Gasteiger partial charge >= 0.3 is 18.1 Å². The van der Waals surface area contributed by atoms with E-state index in [0.717, 1.165) is 10.5 Å². The lowest BCUT2D eigenvalue weighted by molar-refractivity contribution is -0.145. The number of likely N-dealkylation sites (N-methyl/N-ethyl adjacent to an activating group) is 1. The van der Waals surface area contributed by atoms with Crippen LogP contribution in [0.15, 0.2) is 54.7 Å². The molecular formula is C34H42N6O7. The number of fused-ring (bicyclic) bond motifs is 1. The van der Waals surface area contributed by atoms with E-state index in [1.54, 1.807) is 50.1 Å². The number of likely N-dealkylation sites (tertiary alicyclic amines) is 1. The van der Waals surface area contributed by atoms with Crippen molar-refractivity contribution in [2.75, 3.05) is 25.0 Å². The highest BCUT2D eigenvalue weighted by Gasteiger charge is 2.58. The van der Waals surface area contributed by atoms with E-state index in [-0.39, 0.29) is 56.8 Å². The lowest BCUT2D eigenvalue weighted by Gasteiger charge is -2.43. The van der Waals surface area contributed by atoms with Gasteiger partial charge in [-0.3, -0.25) is 28.9 Å². The molecule has 2 saturated heterocycles. The van der Waals surface area contributed by atoms with Gasteiger partial charge in [0.25, 0.3) is 5.91 Å². The maximum absolute atomic E-state index is 13.6. The number of hydrogen-bond acceptors (Lipinski definition) is 8. The number of imide groups is 1. The van der Waals surface area contributed by atoms with Gasteiger partial charge in [0, 0.05) is 31.2 Å². The molecule has 2 aromatic carbocycles. The monoisotopic (exact) mass is 646 g/mol. The summed E-state index contributed by atoms with van der Waals surface area (Å²) in [6.07, 6.45) is 1.36. The number of nitrogens with zero attached hydrogens (tertiary/aromatic N) is 5. The summed E-state index contributed by atoms with van der Waals surface area (Å²) in [6, 6.07) is 13.4. The van der Waals surface area contributed by atoms with E-state index in [4.69, 9.17) is 9.47 Å². The van der Waals surface area contributed by atoms with Crippen molar-refractivity contribution in [1.29, 1.82) is 0 Å². The van der Waals surface area contributed by atoms with E-state index < -0.39 is 35.3 Å². The predicted octanol–water partition coefficient (Wildman–Crippen LogP) is 4.09. The summed E-state index contributed by atoms with van der Waals surface area (Å²) in [7, 11) is 1.46. The van der Waals surface area contributed by atoms with Gasteiger partial charge < -0.3 is 19.7 Å². The highest BCUT2D eigenvalue weighted by molar-refractivity contribution is 6.17. The van der Waals surface area contributed by atoms with Gasteiger partial charge in [-0.05, 0) is 63.3 Å². The molecule has 0 saturated carbocycles. The number of amides is 5. The van der Waals surface area contributed by atoms with Gasteiger partial charge in [0.15, 0.2) is 0 Å². The molecule has 3 aromatic rings. The van der Waals surface area contributed by atoms with E-state index in [9.17, 15) is 24.0 Å². The fourth-order valence-electron chi connectivity index (χ4n) is 6.11. The van der Waals surface area contributed by atoms with Crippen molar-refractivity contribution in [3.05, 3.63) is 60.3 Å². The van der Waals surface area contributed by atoms with Crippen LogP contribution in [0.25, 0.3) is 10.9 Å². The summed E-state index contributed by atoms with van der Waals surface area (Å²) in [6.45, 7) is 9.43. The molecule has 0 radical (unpaired) electrons. The number of anilines is 1. The van der Waals surface area contributed by atoms with E-state index >= 15 is 0 Å². The average molecular weight is 647 g/mol. The second-order valence-electron chi connectivity index (χ2n) is 13.4. The molecule has 1 atom stereocenters. The number of urea groups is 1. The zero-order chi connectivity index (χ0) is 34.1. The Morgan fingerprint density at radius 2 is 1.70 bits per heavy atom. The molecule has 0 bridgehead atoms. The van der Waals surface area contributed by atoms with Crippen LogP contribution in [-0.4, -0.2) is 86.8 Å². The van der Waals surface area contributed by atoms with Crippen LogP contribution in [0.1, 0.15) is 53.0 Å². The van der Waals surface area contributed by atoms with Crippen LogP contribution >= 0.6 is 0 Å². The fraction of sp³-hybridized carbons (Fsp3) is 0.471. The average Bonchev–Trinajstić information content (AvgIpc) is 3.50. The normalized spacial score (nSPS) is 17.0. The van der Waals surface area contributed by atoms with Crippen LogP contribution in [0.3, 0.4) is 0 Å². The van der Waals surface area contributed by atoms with Gasteiger partial charge in [-0.1, -0.05) is 44.2 Å². The van der Waals surface area contributed by atoms with E-state index in [0.29, 0.717) is 16.6 Å². The van der Waals surface area contributed by atoms with Crippen LogP contribution in [0.2, 0.25) is 0 Å². The van der Waals surface area contributed by atoms with Gasteiger partial charge in [-0.25, -0.2) is 9.59 Å². The zero-order valence-corrected chi connectivity index (χ0v) is 27.7. The number of carbonyl (C=O) groups is 5. The molecule has 0 aliphatic carbocycles. The van der Waals surface area contributed by atoms with Crippen LogP contribution < -0.4 is 10.2 Å². The quantitative estimate of drug-likeness (QED) is 0.285. The second-order valence-corrected chi connectivity index (χ2v) is 13.4. The summed E-state index contributed by atoms with van der Waals surface area (Å²) >= 11 is 0. The largest absolute Gasteiger partial charge is 0.459 e. The predicted molar refractivity (Wildman–Crippen MR) is 173 cm³/mol. The molecule has 5 amide bonds. The number of rotatable bonds is 8. The first kappa shape index (κ1) is 33.4.